The van der Waals surface area contributed by atoms with E-state index in [2.05, 4.69) is 10.0 Å². The molecule has 0 aromatic heterocycles. The minimum atomic E-state index is -4.09. The molecule has 1 saturated carbocycles. The summed E-state index contributed by atoms with van der Waals surface area (Å²) in [5.41, 5.74) is 0.397. The molecule has 0 spiro atoms. The van der Waals surface area contributed by atoms with Crippen molar-refractivity contribution in [2.24, 2.45) is 0 Å². The molecule has 2 aromatic rings. The fourth-order valence-electron chi connectivity index (χ4n) is 3.31. The van der Waals surface area contributed by atoms with Gasteiger partial charge in [0.1, 0.15) is 10.7 Å². The first-order valence-corrected chi connectivity index (χ1v) is 11.6. The Morgan fingerprint density at radius 2 is 1.66 bits per heavy atom. The number of hydrogen-bond acceptors (Lipinski definition) is 3. The summed E-state index contributed by atoms with van der Waals surface area (Å²) in [6.07, 6.45) is 5.44. The molecule has 0 unspecified atom stereocenters. The van der Waals surface area contributed by atoms with E-state index in [-0.39, 0.29) is 16.6 Å². The van der Waals surface area contributed by atoms with E-state index in [9.17, 15) is 17.6 Å². The van der Waals surface area contributed by atoms with E-state index in [4.69, 9.17) is 23.2 Å². The predicted octanol–water partition coefficient (Wildman–Crippen LogP) is 5.39. The van der Waals surface area contributed by atoms with Crippen LogP contribution in [0.25, 0.3) is 0 Å². The number of hydrogen-bond donors (Lipinski definition) is 2. The molecule has 1 aliphatic carbocycles. The fourth-order valence-corrected chi connectivity index (χ4v) is 5.01. The predicted molar refractivity (Wildman–Crippen MR) is 113 cm³/mol. The van der Waals surface area contributed by atoms with Crippen molar-refractivity contribution >= 4 is 44.8 Å². The Bertz CT molecular complexity index is 1010. The van der Waals surface area contributed by atoms with Crippen LogP contribution in [-0.4, -0.2) is 20.4 Å². The number of halogens is 3. The van der Waals surface area contributed by atoms with Gasteiger partial charge in [-0.25, -0.2) is 17.5 Å². The second kappa shape index (κ2) is 9.43. The van der Waals surface area contributed by atoms with Gasteiger partial charge in [-0.05, 0) is 49.2 Å². The number of amides is 1. The number of rotatable bonds is 5. The highest BCUT2D eigenvalue weighted by Gasteiger charge is 2.25. The molecule has 0 saturated heterocycles. The molecule has 0 heterocycles. The molecule has 0 atom stereocenters. The minimum absolute atomic E-state index is 0.0127. The van der Waals surface area contributed by atoms with Gasteiger partial charge >= 0.3 is 0 Å². The van der Waals surface area contributed by atoms with E-state index in [1.165, 1.54) is 18.2 Å². The maximum absolute atomic E-state index is 14.3. The van der Waals surface area contributed by atoms with Crippen molar-refractivity contribution in [3.63, 3.8) is 0 Å². The molecular weight excluding hydrogens is 438 g/mol. The van der Waals surface area contributed by atoms with Gasteiger partial charge in [0.05, 0.1) is 10.0 Å². The first-order chi connectivity index (χ1) is 13.8. The van der Waals surface area contributed by atoms with Gasteiger partial charge in [-0.1, -0.05) is 48.9 Å². The molecule has 0 aliphatic heterocycles. The van der Waals surface area contributed by atoms with E-state index < -0.39 is 26.6 Å². The van der Waals surface area contributed by atoms with Crippen LogP contribution in [0.3, 0.4) is 0 Å². The summed E-state index contributed by atoms with van der Waals surface area (Å²) in [6.45, 7) is 0. The average Bonchev–Trinajstić information content (AvgIpc) is 2.93. The van der Waals surface area contributed by atoms with Gasteiger partial charge in [-0.3, -0.25) is 4.79 Å². The quantitative estimate of drug-likeness (QED) is 0.589. The van der Waals surface area contributed by atoms with Crippen LogP contribution < -0.4 is 10.0 Å². The summed E-state index contributed by atoms with van der Waals surface area (Å²) < 4.78 is 42.4. The molecule has 156 valence electrons. The third-order valence-corrected chi connectivity index (χ3v) is 7.11. The summed E-state index contributed by atoms with van der Waals surface area (Å²) in [5, 5.41) is 3.20. The highest BCUT2D eigenvalue weighted by molar-refractivity contribution is 7.89. The normalized spacial score (nSPS) is 15.7. The zero-order valence-electron chi connectivity index (χ0n) is 15.6. The Morgan fingerprint density at radius 1 is 0.966 bits per heavy atom. The molecule has 1 aliphatic rings. The van der Waals surface area contributed by atoms with Gasteiger partial charge in [0.25, 0.3) is 5.91 Å². The number of nitrogens with one attached hydrogen (secondary N) is 2. The first kappa shape index (κ1) is 22.0. The molecule has 5 nitrogen and oxygen atoms in total. The van der Waals surface area contributed by atoms with Gasteiger partial charge in [0.2, 0.25) is 10.0 Å². The third kappa shape index (κ3) is 5.69. The van der Waals surface area contributed by atoms with Crippen molar-refractivity contribution in [1.29, 1.82) is 0 Å². The van der Waals surface area contributed by atoms with Crippen molar-refractivity contribution in [1.82, 2.24) is 4.72 Å². The lowest BCUT2D eigenvalue weighted by Crippen LogP contribution is -2.35. The molecular formula is C20H21Cl2FN2O3S. The van der Waals surface area contributed by atoms with Gasteiger partial charge in [0, 0.05) is 17.3 Å². The van der Waals surface area contributed by atoms with Crippen LogP contribution in [0.15, 0.2) is 41.3 Å². The Morgan fingerprint density at radius 3 is 2.31 bits per heavy atom. The van der Waals surface area contributed by atoms with Crippen LogP contribution in [0.5, 0.6) is 0 Å². The van der Waals surface area contributed by atoms with Crippen LogP contribution in [0.4, 0.5) is 10.1 Å². The lowest BCUT2D eigenvalue weighted by molar-refractivity contribution is 0.102. The molecule has 2 aromatic carbocycles. The van der Waals surface area contributed by atoms with Crippen molar-refractivity contribution in [2.75, 3.05) is 5.32 Å². The molecule has 0 radical (unpaired) electrons. The maximum Gasteiger partial charge on any atom is 0.255 e. The standard InChI is InChI=1S/C20H21Cl2FN2O3S/c21-16-9-8-15(12-17(16)22)24-20(26)13-7-10-18(23)19(11-13)29(27,28)25-14-5-3-1-2-4-6-14/h7-12,14,25H,1-6H2,(H,24,26). The van der Waals surface area contributed by atoms with E-state index in [0.29, 0.717) is 10.7 Å². The topological polar surface area (TPSA) is 75.3 Å². The van der Waals surface area contributed by atoms with Gasteiger partial charge < -0.3 is 5.32 Å². The second-order valence-electron chi connectivity index (χ2n) is 7.04. The Balaban J connectivity index is 1.80. The summed E-state index contributed by atoms with van der Waals surface area (Å²) in [7, 11) is -4.09. The largest absolute Gasteiger partial charge is 0.322 e. The lowest BCUT2D eigenvalue weighted by Gasteiger charge is -2.17. The zero-order valence-corrected chi connectivity index (χ0v) is 17.9. The number of benzene rings is 2. The summed E-state index contributed by atoms with van der Waals surface area (Å²) in [5.74, 6) is -1.49. The summed E-state index contributed by atoms with van der Waals surface area (Å²) in [6, 6.07) is 7.57. The molecule has 29 heavy (non-hydrogen) atoms. The van der Waals surface area contributed by atoms with Gasteiger partial charge in [0.15, 0.2) is 0 Å². The van der Waals surface area contributed by atoms with Gasteiger partial charge in [-0.2, -0.15) is 0 Å². The maximum atomic E-state index is 14.3. The Labute approximate surface area is 179 Å². The third-order valence-electron chi connectivity index (χ3n) is 4.84. The lowest BCUT2D eigenvalue weighted by atomic mass is 10.1. The van der Waals surface area contributed by atoms with Crippen molar-refractivity contribution in [2.45, 2.75) is 49.5 Å². The van der Waals surface area contributed by atoms with Crippen molar-refractivity contribution < 1.29 is 17.6 Å². The average molecular weight is 459 g/mol. The van der Waals surface area contributed by atoms with Crippen LogP contribution in [-0.2, 0) is 10.0 Å². The highest BCUT2D eigenvalue weighted by atomic mass is 35.5. The van der Waals surface area contributed by atoms with E-state index in [1.807, 2.05) is 0 Å². The Kier molecular flexibility index (Phi) is 7.16. The van der Waals surface area contributed by atoms with Crippen molar-refractivity contribution in [3.05, 3.63) is 57.8 Å². The Hall–Kier alpha value is -1.67. The number of anilines is 1. The van der Waals surface area contributed by atoms with E-state index in [1.54, 1.807) is 6.07 Å². The van der Waals surface area contributed by atoms with Crippen LogP contribution >= 0.6 is 23.2 Å². The van der Waals surface area contributed by atoms with Crippen LogP contribution in [0.1, 0.15) is 48.9 Å². The molecule has 1 fully saturated rings. The van der Waals surface area contributed by atoms with Crippen LogP contribution in [0, 0.1) is 5.82 Å². The number of carbonyl (C=O) groups is 1. The zero-order chi connectivity index (χ0) is 21.0. The molecule has 1 amide bonds. The minimum Gasteiger partial charge on any atom is -0.322 e. The van der Waals surface area contributed by atoms with E-state index in [0.717, 1.165) is 50.7 Å². The molecule has 2 N–H and O–H groups in total. The number of sulfonamides is 1. The smallest absolute Gasteiger partial charge is 0.255 e. The summed E-state index contributed by atoms with van der Waals surface area (Å²) in [4.78, 5) is 12.0. The molecule has 3 rings (SSSR count). The van der Waals surface area contributed by atoms with Crippen molar-refractivity contribution in [3.8, 4) is 0 Å². The van der Waals surface area contributed by atoms with Crippen LogP contribution in [0.2, 0.25) is 10.0 Å². The monoisotopic (exact) mass is 458 g/mol. The summed E-state index contributed by atoms with van der Waals surface area (Å²) >= 11 is 11.8. The first-order valence-electron chi connectivity index (χ1n) is 9.34. The molecule has 9 heteroatoms. The number of carbonyl (C=O) groups excluding carboxylic acids is 1. The molecule has 0 bridgehead atoms. The SMILES string of the molecule is O=C(Nc1ccc(Cl)c(Cl)c1)c1ccc(F)c(S(=O)(=O)NC2CCCCCC2)c1. The highest BCUT2D eigenvalue weighted by Crippen LogP contribution is 2.26. The second-order valence-corrected chi connectivity index (χ2v) is 9.53. The fraction of sp³-hybridized carbons (Fsp3) is 0.350. The van der Waals surface area contributed by atoms with Gasteiger partial charge in [-0.15, -0.1) is 0 Å². The van der Waals surface area contributed by atoms with E-state index >= 15 is 0 Å².